The molecule has 0 bridgehead atoms. The molecule has 1 aliphatic rings. The van der Waals surface area contributed by atoms with E-state index in [1.54, 1.807) is 0 Å². The maximum absolute atomic E-state index is 10.2. The molecule has 0 unspecified atom stereocenters. The molecule has 1 heterocycles. The van der Waals surface area contributed by atoms with Gasteiger partial charge in [0.1, 0.15) is 6.54 Å². The van der Waals surface area contributed by atoms with Gasteiger partial charge in [0, 0.05) is 0 Å². The van der Waals surface area contributed by atoms with Gasteiger partial charge in [0.15, 0.2) is 5.71 Å². The Morgan fingerprint density at radius 1 is 1.75 bits per heavy atom. The zero-order chi connectivity index (χ0) is 5.98. The van der Waals surface area contributed by atoms with Crippen molar-refractivity contribution < 1.29 is 4.79 Å². The van der Waals surface area contributed by atoms with Crippen LogP contribution in [0.5, 0.6) is 0 Å². The molecule has 1 aliphatic heterocycles. The molecule has 5 heteroatoms. The van der Waals surface area contributed by atoms with Crippen LogP contribution >= 0.6 is 0 Å². The minimum Gasteiger partial charge on any atom is -0.364 e. The molecule has 0 spiro atoms. The quantitative estimate of drug-likeness (QED) is 0.477. The minimum absolute atomic E-state index is 0.227. The molecule has 0 aromatic carbocycles. The smallest absolute Gasteiger partial charge is 0.267 e. The number of amides is 1. The van der Waals surface area contributed by atoms with E-state index in [1.807, 2.05) is 0 Å². The van der Waals surface area contributed by atoms with Crippen LogP contribution in [0.3, 0.4) is 0 Å². The zero-order valence-electron chi connectivity index (χ0n) is 4.03. The lowest BCUT2D eigenvalue weighted by molar-refractivity contribution is -0.112. The highest BCUT2D eigenvalue weighted by molar-refractivity contribution is 6.39. The number of carbonyl (C=O) groups excluding carboxylic acids is 1. The van der Waals surface area contributed by atoms with Gasteiger partial charge in [-0.25, -0.2) is 0 Å². The summed E-state index contributed by atoms with van der Waals surface area (Å²) in [5.74, 6) is -0.546. The van der Waals surface area contributed by atoms with Crippen molar-refractivity contribution in [1.82, 2.24) is 0 Å². The van der Waals surface area contributed by atoms with Gasteiger partial charge in [-0.2, -0.15) is 5.11 Å². The van der Waals surface area contributed by atoms with Gasteiger partial charge in [0.25, 0.3) is 5.91 Å². The second kappa shape index (κ2) is 1.69. The van der Waals surface area contributed by atoms with Crippen molar-refractivity contribution in [2.45, 2.75) is 0 Å². The molecular formula is C3H4N4O. The molecule has 0 fully saturated rings. The van der Waals surface area contributed by atoms with E-state index in [-0.39, 0.29) is 12.3 Å². The average Bonchev–Trinajstić information content (AvgIpc) is 2.12. The van der Waals surface area contributed by atoms with Crippen molar-refractivity contribution in [1.29, 1.82) is 0 Å². The standard InChI is InChI=1S/C3H4N4O/c4-3(8)2-1-5-7-6-2/h1H2,(H2,4,8). The van der Waals surface area contributed by atoms with E-state index in [0.29, 0.717) is 0 Å². The van der Waals surface area contributed by atoms with Crippen LogP contribution in [0, 0.1) is 0 Å². The lowest BCUT2D eigenvalue weighted by Gasteiger charge is -1.82. The maximum Gasteiger partial charge on any atom is 0.267 e. The second-order valence-electron chi connectivity index (χ2n) is 1.30. The van der Waals surface area contributed by atoms with Crippen molar-refractivity contribution in [3.63, 3.8) is 0 Å². The predicted molar refractivity (Wildman–Crippen MR) is 26.4 cm³/mol. The molecule has 0 aromatic rings. The topological polar surface area (TPSA) is 80.2 Å². The molecule has 0 saturated carbocycles. The van der Waals surface area contributed by atoms with Gasteiger partial charge in [-0.3, -0.25) is 4.79 Å². The first-order valence-corrected chi connectivity index (χ1v) is 2.04. The van der Waals surface area contributed by atoms with Crippen LogP contribution in [0.2, 0.25) is 0 Å². The van der Waals surface area contributed by atoms with E-state index in [4.69, 9.17) is 5.73 Å². The monoisotopic (exact) mass is 112 g/mol. The summed E-state index contributed by atoms with van der Waals surface area (Å²) in [7, 11) is 0. The molecule has 0 atom stereocenters. The molecule has 8 heavy (non-hydrogen) atoms. The number of rotatable bonds is 1. The molecule has 0 radical (unpaired) electrons. The largest absolute Gasteiger partial charge is 0.364 e. The molecule has 0 aromatic heterocycles. The summed E-state index contributed by atoms with van der Waals surface area (Å²) >= 11 is 0. The number of carbonyl (C=O) groups is 1. The maximum atomic E-state index is 10.2. The second-order valence-corrected chi connectivity index (χ2v) is 1.30. The molecule has 1 amide bonds. The number of nitrogens with two attached hydrogens (primary N) is 1. The first kappa shape index (κ1) is 4.89. The molecule has 5 nitrogen and oxygen atoms in total. The van der Waals surface area contributed by atoms with Crippen LogP contribution in [0.15, 0.2) is 15.4 Å². The third-order valence-corrected chi connectivity index (χ3v) is 0.734. The van der Waals surface area contributed by atoms with E-state index in [2.05, 4.69) is 15.4 Å². The highest BCUT2D eigenvalue weighted by Gasteiger charge is 2.08. The third-order valence-electron chi connectivity index (χ3n) is 0.734. The Bertz CT molecular complexity index is 170. The molecular weight excluding hydrogens is 108 g/mol. The SMILES string of the molecule is NC(=O)C1=NN=NC1. The zero-order valence-corrected chi connectivity index (χ0v) is 4.03. The van der Waals surface area contributed by atoms with Gasteiger partial charge < -0.3 is 5.73 Å². The van der Waals surface area contributed by atoms with Crippen molar-refractivity contribution >= 4 is 11.6 Å². The van der Waals surface area contributed by atoms with E-state index in [0.717, 1.165) is 0 Å². The van der Waals surface area contributed by atoms with E-state index >= 15 is 0 Å². The summed E-state index contributed by atoms with van der Waals surface area (Å²) in [4.78, 5) is 10.2. The Kier molecular flexibility index (Phi) is 1.03. The Labute approximate surface area is 45.3 Å². The predicted octanol–water partition coefficient (Wildman–Crippen LogP) is -0.707. The van der Waals surface area contributed by atoms with Crippen LogP contribution in [0.25, 0.3) is 0 Å². The van der Waals surface area contributed by atoms with Crippen LogP contribution in [0.4, 0.5) is 0 Å². The Balaban J connectivity index is 2.64. The number of hydrogen-bond donors (Lipinski definition) is 1. The Hall–Kier alpha value is -1.26. The number of nitrogens with zero attached hydrogens (tertiary/aromatic N) is 3. The number of hydrogen-bond acceptors (Lipinski definition) is 4. The summed E-state index contributed by atoms with van der Waals surface area (Å²) in [5.41, 5.74) is 5.03. The first-order chi connectivity index (χ1) is 3.80. The molecule has 1 rings (SSSR count). The number of primary amides is 1. The fourth-order valence-electron chi connectivity index (χ4n) is 0.343. The van der Waals surface area contributed by atoms with E-state index in [1.165, 1.54) is 0 Å². The Morgan fingerprint density at radius 2 is 2.50 bits per heavy atom. The first-order valence-electron chi connectivity index (χ1n) is 2.04. The summed E-state index contributed by atoms with van der Waals surface area (Å²) in [6.45, 7) is 0.231. The lowest BCUT2D eigenvalue weighted by atomic mass is 10.4. The van der Waals surface area contributed by atoms with Gasteiger partial charge in [-0.05, 0) is 5.22 Å². The van der Waals surface area contributed by atoms with Crippen LogP contribution in [0.1, 0.15) is 0 Å². The summed E-state index contributed by atoms with van der Waals surface area (Å²) in [6.07, 6.45) is 0. The van der Waals surface area contributed by atoms with Crippen molar-refractivity contribution in [2.75, 3.05) is 6.54 Å². The molecule has 0 saturated heterocycles. The summed E-state index contributed by atoms with van der Waals surface area (Å²) in [6, 6.07) is 0. The third kappa shape index (κ3) is 0.699. The normalized spacial score (nSPS) is 16.2. The highest BCUT2D eigenvalue weighted by Crippen LogP contribution is 1.91. The fraction of sp³-hybridized carbons (Fsp3) is 0.333. The van der Waals surface area contributed by atoms with Gasteiger partial charge in [-0.15, -0.1) is 5.10 Å². The molecule has 2 N–H and O–H groups in total. The fourth-order valence-corrected chi connectivity index (χ4v) is 0.343. The van der Waals surface area contributed by atoms with Crippen molar-refractivity contribution in [2.24, 2.45) is 21.2 Å². The van der Waals surface area contributed by atoms with Gasteiger partial charge in [0.2, 0.25) is 0 Å². The molecule has 0 aliphatic carbocycles. The van der Waals surface area contributed by atoms with Crippen molar-refractivity contribution in [3.8, 4) is 0 Å². The van der Waals surface area contributed by atoms with Crippen LogP contribution in [-0.4, -0.2) is 18.2 Å². The van der Waals surface area contributed by atoms with E-state index < -0.39 is 5.91 Å². The molecule has 42 valence electrons. The average molecular weight is 112 g/mol. The van der Waals surface area contributed by atoms with Gasteiger partial charge >= 0.3 is 0 Å². The lowest BCUT2D eigenvalue weighted by Crippen LogP contribution is -2.23. The van der Waals surface area contributed by atoms with E-state index in [9.17, 15) is 4.79 Å². The highest BCUT2D eigenvalue weighted by atomic mass is 16.1. The Morgan fingerprint density at radius 3 is 2.75 bits per heavy atom. The van der Waals surface area contributed by atoms with Gasteiger partial charge in [0.05, 0.1) is 0 Å². The van der Waals surface area contributed by atoms with Crippen LogP contribution in [-0.2, 0) is 4.79 Å². The summed E-state index contributed by atoms with van der Waals surface area (Å²) < 4.78 is 0. The minimum atomic E-state index is -0.546. The van der Waals surface area contributed by atoms with Crippen molar-refractivity contribution in [3.05, 3.63) is 0 Å². The van der Waals surface area contributed by atoms with Gasteiger partial charge in [-0.1, -0.05) is 0 Å². The van der Waals surface area contributed by atoms with Crippen LogP contribution < -0.4 is 5.73 Å². The summed E-state index contributed by atoms with van der Waals surface area (Å²) in [5, 5.41) is 9.94.